The third kappa shape index (κ3) is 5.83. The van der Waals surface area contributed by atoms with Gasteiger partial charge in [0.25, 0.3) is 0 Å². The molecule has 0 saturated carbocycles. The van der Waals surface area contributed by atoms with Crippen LogP contribution in [0.5, 0.6) is 11.5 Å². The van der Waals surface area contributed by atoms with Crippen LogP contribution in [0.1, 0.15) is 24.5 Å². The van der Waals surface area contributed by atoms with E-state index in [9.17, 15) is 4.79 Å². The topological polar surface area (TPSA) is 59.6 Å². The lowest BCUT2D eigenvalue weighted by atomic mass is 10.1. The highest BCUT2D eigenvalue weighted by Crippen LogP contribution is 2.13. The molecule has 2 aromatic rings. The Morgan fingerprint density at radius 2 is 1.54 bits per heavy atom. The van der Waals surface area contributed by atoms with Gasteiger partial charge in [0.2, 0.25) is 0 Å². The van der Waals surface area contributed by atoms with Crippen molar-refractivity contribution < 1.29 is 14.3 Å². The fraction of sp³-hybridized carbons (Fsp3) is 0.316. The average molecular weight is 328 g/mol. The van der Waals surface area contributed by atoms with Crippen molar-refractivity contribution in [3.05, 3.63) is 59.7 Å². The summed E-state index contributed by atoms with van der Waals surface area (Å²) in [6.07, 6.45) is 2.18. The van der Waals surface area contributed by atoms with Crippen LogP contribution in [0.4, 0.5) is 4.79 Å². The molecule has 0 radical (unpaired) electrons. The molecule has 5 nitrogen and oxygen atoms in total. The zero-order valence-electron chi connectivity index (χ0n) is 14.2. The number of carbonyl (C=O) groups excluding carboxylic acids is 1. The van der Waals surface area contributed by atoms with E-state index in [1.165, 1.54) is 5.56 Å². The molecule has 2 aromatic carbocycles. The summed E-state index contributed by atoms with van der Waals surface area (Å²) >= 11 is 0. The van der Waals surface area contributed by atoms with Crippen LogP contribution in [0.15, 0.2) is 48.5 Å². The van der Waals surface area contributed by atoms with E-state index in [2.05, 4.69) is 17.6 Å². The first kappa shape index (κ1) is 17.7. The Bertz CT molecular complexity index is 624. The van der Waals surface area contributed by atoms with E-state index in [1.54, 1.807) is 7.11 Å². The zero-order chi connectivity index (χ0) is 17.2. The number of amides is 2. The second kappa shape index (κ2) is 9.45. The lowest BCUT2D eigenvalue weighted by molar-refractivity contribution is 0.223. The lowest BCUT2D eigenvalue weighted by Gasteiger charge is -2.10. The fourth-order valence-corrected chi connectivity index (χ4v) is 2.21. The SMILES string of the molecule is CCCc1ccc(OCNC(=O)NCc2ccc(OC)cc2)cc1. The molecule has 0 saturated heterocycles. The van der Waals surface area contributed by atoms with Gasteiger partial charge in [-0.1, -0.05) is 37.6 Å². The molecule has 0 fully saturated rings. The first-order chi connectivity index (χ1) is 11.7. The first-order valence-corrected chi connectivity index (χ1v) is 8.07. The Kier molecular flexibility index (Phi) is 6.95. The number of benzene rings is 2. The van der Waals surface area contributed by atoms with Crippen molar-refractivity contribution in [3.63, 3.8) is 0 Å². The molecule has 0 bridgehead atoms. The van der Waals surface area contributed by atoms with Crippen molar-refractivity contribution >= 4 is 6.03 Å². The Morgan fingerprint density at radius 1 is 0.917 bits per heavy atom. The Morgan fingerprint density at radius 3 is 2.17 bits per heavy atom. The number of urea groups is 1. The van der Waals surface area contributed by atoms with Crippen LogP contribution in [0.3, 0.4) is 0 Å². The molecule has 0 atom stereocenters. The summed E-state index contributed by atoms with van der Waals surface area (Å²) in [5, 5.41) is 5.44. The summed E-state index contributed by atoms with van der Waals surface area (Å²) in [6, 6.07) is 15.2. The molecule has 0 aromatic heterocycles. The maximum absolute atomic E-state index is 11.7. The van der Waals surface area contributed by atoms with Gasteiger partial charge in [0.05, 0.1) is 7.11 Å². The van der Waals surface area contributed by atoms with E-state index in [1.807, 2.05) is 48.5 Å². The van der Waals surface area contributed by atoms with Gasteiger partial charge in [-0.2, -0.15) is 0 Å². The van der Waals surface area contributed by atoms with E-state index >= 15 is 0 Å². The summed E-state index contributed by atoms with van der Waals surface area (Å²) in [4.78, 5) is 11.7. The quantitative estimate of drug-likeness (QED) is 0.729. The molecule has 0 heterocycles. The van der Waals surface area contributed by atoms with Gasteiger partial charge in [-0.25, -0.2) is 4.79 Å². The van der Waals surface area contributed by atoms with Crippen molar-refractivity contribution in [1.29, 1.82) is 0 Å². The predicted octanol–water partition coefficient (Wildman–Crippen LogP) is 3.48. The van der Waals surface area contributed by atoms with Crippen LogP contribution < -0.4 is 20.1 Å². The van der Waals surface area contributed by atoms with Gasteiger partial charge < -0.3 is 20.1 Å². The average Bonchev–Trinajstić information content (AvgIpc) is 2.62. The zero-order valence-corrected chi connectivity index (χ0v) is 14.2. The van der Waals surface area contributed by atoms with Gasteiger partial charge in [0.1, 0.15) is 11.5 Å². The molecule has 0 spiro atoms. The minimum atomic E-state index is -0.270. The van der Waals surface area contributed by atoms with Crippen LogP contribution in [-0.4, -0.2) is 19.9 Å². The van der Waals surface area contributed by atoms with Crippen LogP contribution in [0.25, 0.3) is 0 Å². The Hall–Kier alpha value is -2.69. The first-order valence-electron chi connectivity index (χ1n) is 8.07. The van der Waals surface area contributed by atoms with Crippen molar-refractivity contribution in [3.8, 4) is 11.5 Å². The largest absolute Gasteiger partial charge is 0.497 e. The normalized spacial score (nSPS) is 10.1. The minimum Gasteiger partial charge on any atom is -0.497 e. The number of rotatable bonds is 8. The lowest BCUT2D eigenvalue weighted by Crippen LogP contribution is -2.37. The second-order valence-corrected chi connectivity index (χ2v) is 5.39. The molecular weight excluding hydrogens is 304 g/mol. The van der Waals surface area contributed by atoms with Crippen LogP contribution >= 0.6 is 0 Å². The van der Waals surface area contributed by atoms with Crippen LogP contribution in [0, 0.1) is 0 Å². The molecule has 2 N–H and O–H groups in total. The third-order valence-corrected chi connectivity index (χ3v) is 3.55. The maximum atomic E-state index is 11.7. The third-order valence-electron chi connectivity index (χ3n) is 3.55. The highest BCUT2D eigenvalue weighted by atomic mass is 16.5. The van der Waals surface area contributed by atoms with E-state index in [0.717, 1.165) is 29.9 Å². The number of nitrogens with one attached hydrogen (secondary N) is 2. The van der Waals surface area contributed by atoms with Crippen LogP contribution in [-0.2, 0) is 13.0 Å². The number of ether oxygens (including phenoxy) is 2. The Balaban J connectivity index is 1.67. The Labute approximate surface area is 143 Å². The number of hydrogen-bond acceptors (Lipinski definition) is 3. The second-order valence-electron chi connectivity index (χ2n) is 5.39. The number of hydrogen-bond donors (Lipinski definition) is 2. The molecule has 24 heavy (non-hydrogen) atoms. The maximum Gasteiger partial charge on any atom is 0.317 e. The van der Waals surface area contributed by atoms with Gasteiger partial charge in [-0.05, 0) is 41.8 Å². The van der Waals surface area contributed by atoms with Crippen LogP contribution in [0.2, 0.25) is 0 Å². The summed E-state index contributed by atoms with van der Waals surface area (Å²) in [5.74, 6) is 1.53. The minimum absolute atomic E-state index is 0.127. The summed E-state index contributed by atoms with van der Waals surface area (Å²) in [5.41, 5.74) is 2.29. The summed E-state index contributed by atoms with van der Waals surface area (Å²) in [7, 11) is 1.62. The monoisotopic (exact) mass is 328 g/mol. The standard InChI is InChI=1S/C19H24N2O3/c1-3-4-15-5-11-18(12-6-15)24-14-21-19(22)20-13-16-7-9-17(23-2)10-8-16/h5-12H,3-4,13-14H2,1-2H3,(H2,20,21,22). The molecule has 0 aliphatic heterocycles. The van der Waals surface area contributed by atoms with E-state index in [-0.39, 0.29) is 12.8 Å². The van der Waals surface area contributed by atoms with Crippen molar-refractivity contribution in [2.45, 2.75) is 26.3 Å². The van der Waals surface area contributed by atoms with Gasteiger partial charge in [0, 0.05) is 6.54 Å². The molecule has 0 unspecified atom stereocenters. The fourth-order valence-electron chi connectivity index (χ4n) is 2.21. The molecule has 0 aliphatic carbocycles. The number of carbonyl (C=O) groups is 1. The van der Waals surface area contributed by atoms with Crippen molar-refractivity contribution in [2.75, 3.05) is 13.8 Å². The van der Waals surface area contributed by atoms with E-state index in [4.69, 9.17) is 9.47 Å². The smallest absolute Gasteiger partial charge is 0.317 e. The number of aryl methyl sites for hydroxylation is 1. The molecular formula is C19H24N2O3. The highest BCUT2D eigenvalue weighted by Gasteiger charge is 2.01. The number of methoxy groups -OCH3 is 1. The molecule has 2 amide bonds. The van der Waals surface area contributed by atoms with Crippen molar-refractivity contribution in [1.82, 2.24) is 10.6 Å². The molecule has 0 aliphatic rings. The molecule has 128 valence electrons. The predicted molar refractivity (Wildman–Crippen MR) is 94.3 cm³/mol. The van der Waals surface area contributed by atoms with Gasteiger partial charge in [0.15, 0.2) is 6.73 Å². The molecule has 2 rings (SSSR count). The van der Waals surface area contributed by atoms with Gasteiger partial charge >= 0.3 is 6.03 Å². The molecule has 5 heteroatoms. The highest BCUT2D eigenvalue weighted by molar-refractivity contribution is 5.73. The summed E-state index contributed by atoms with van der Waals surface area (Å²) < 4.78 is 10.6. The van der Waals surface area contributed by atoms with E-state index < -0.39 is 0 Å². The van der Waals surface area contributed by atoms with Crippen molar-refractivity contribution in [2.24, 2.45) is 0 Å². The van der Waals surface area contributed by atoms with Gasteiger partial charge in [-0.3, -0.25) is 0 Å². The van der Waals surface area contributed by atoms with Gasteiger partial charge in [-0.15, -0.1) is 0 Å². The summed E-state index contributed by atoms with van der Waals surface area (Å²) in [6.45, 7) is 2.72. The van der Waals surface area contributed by atoms with E-state index in [0.29, 0.717) is 6.54 Å².